The number of hydrogen-bond acceptors (Lipinski definition) is 2. The molecule has 2 nitrogen and oxygen atoms in total. The lowest BCUT2D eigenvalue weighted by Crippen LogP contribution is -2.26. The molecule has 0 aliphatic carbocycles. The molecule has 0 saturated heterocycles. The molecular formula is C19H23NOS. The largest absolute Gasteiger partial charge is 0.355 e. The van der Waals surface area contributed by atoms with Crippen LogP contribution < -0.4 is 5.32 Å². The molecule has 0 fully saturated rings. The number of aryl methyl sites for hydroxylation is 2. The molecule has 0 saturated carbocycles. The summed E-state index contributed by atoms with van der Waals surface area (Å²) in [6, 6.07) is 18.7. The van der Waals surface area contributed by atoms with Crippen LogP contribution in [-0.4, -0.2) is 18.2 Å². The van der Waals surface area contributed by atoms with Gasteiger partial charge in [-0.3, -0.25) is 4.79 Å². The first-order valence-electron chi connectivity index (χ1n) is 7.68. The summed E-state index contributed by atoms with van der Waals surface area (Å²) in [5, 5.41) is 2.99. The van der Waals surface area contributed by atoms with E-state index >= 15 is 0 Å². The number of carbonyl (C=O) groups excluding carboxylic acids is 1. The van der Waals surface area contributed by atoms with E-state index in [0.717, 1.165) is 25.1 Å². The molecule has 0 aliphatic rings. The topological polar surface area (TPSA) is 29.1 Å². The molecule has 3 heteroatoms. The van der Waals surface area contributed by atoms with Crippen LogP contribution in [0, 0.1) is 6.92 Å². The highest BCUT2D eigenvalue weighted by Gasteiger charge is 2.03. The van der Waals surface area contributed by atoms with Crippen LogP contribution in [0.2, 0.25) is 0 Å². The number of nitrogens with one attached hydrogen (secondary N) is 1. The van der Waals surface area contributed by atoms with Crippen molar-refractivity contribution >= 4 is 17.7 Å². The van der Waals surface area contributed by atoms with Crippen LogP contribution in [0.4, 0.5) is 0 Å². The minimum absolute atomic E-state index is 0.131. The van der Waals surface area contributed by atoms with Crippen molar-refractivity contribution < 1.29 is 4.79 Å². The average molecular weight is 313 g/mol. The molecule has 0 radical (unpaired) electrons. The highest BCUT2D eigenvalue weighted by Crippen LogP contribution is 2.15. The lowest BCUT2D eigenvalue weighted by molar-refractivity contribution is -0.118. The molecular weight excluding hydrogens is 290 g/mol. The fourth-order valence-electron chi connectivity index (χ4n) is 2.24. The van der Waals surface area contributed by atoms with Crippen LogP contribution in [0.5, 0.6) is 0 Å². The zero-order valence-corrected chi connectivity index (χ0v) is 13.9. The monoisotopic (exact) mass is 313 g/mol. The standard InChI is InChI=1S/C19H23NOS/c1-16-8-5-6-12-18(16)14-22-15-19(21)20-13-7-11-17-9-3-2-4-10-17/h2-6,8-10,12H,7,11,13-15H2,1H3,(H,20,21). The molecule has 2 aromatic carbocycles. The Bertz CT molecular complexity index is 583. The van der Waals surface area contributed by atoms with E-state index in [2.05, 4.69) is 48.6 Å². The number of carbonyl (C=O) groups is 1. The molecule has 2 rings (SSSR count). The molecule has 0 atom stereocenters. The van der Waals surface area contributed by atoms with Crippen molar-refractivity contribution in [2.75, 3.05) is 12.3 Å². The maximum Gasteiger partial charge on any atom is 0.230 e. The van der Waals surface area contributed by atoms with Gasteiger partial charge in [0.15, 0.2) is 0 Å². The Morgan fingerprint density at radius 2 is 1.77 bits per heavy atom. The SMILES string of the molecule is Cc1ccccc1CSCC(=O)NCCCc1ccccc1. The molecule has 22 heavy (non-hydrogen) atoms. The van der Waals surface area contributed by atoms with Crippen LogP contribution in [-0.2, 0) is 17.0 Å². The second-order valence-electron chi connectivity index (χ2n) is 5.36. The smallest absolute Gasteiger partial charge is 0.230 e. The van der Waals surface area contributed by atoms with Crippen molar-refractivity contribution in [1.82, 2.24) is 5.32 Å². The lowest BCUT2D eigenvalue weighted by atomic mass is 10.1. The minimum Gasteiger partial charge on any atom is -0.355 e. The first-order chi connectivity index (χ1) is 10.8. The van der Waals surface area contributed by atoms with E-state index in [0.29, 0.717) is 5.75 Å². The maximum atomic E-state index is 11.8. The molecule has 1 amide bonds. The molecule has 0 aliphatic heterocycles. The van der Waals surface area contributed by atoms with Crippen LogP contribution in [0.1, 0.15) is 23.1 Å². The second-order valence-corrected chi connectivity index (χ2v) is 6.34. The molecule has 0 spiro atoms. The third-order valence-electron chi connectivity index (χ3n) is 3.56. The summed E-state index contributed by atoms with van der Waals surface area (Å²) in [7, 11) is 0. The van der Waals surface area contributed by atoms with Gasteiger partial charge >= 0.3 is 0 Å². The van der Waals surface area contributed by atoms with E-state index in [1.54, 1.807) is 11.8 Å². The third-order valence-corrected chi connectivity index (χ3v) is 4.54. The second kappa shape index (κ2) is 9.31. The number of amides is 1. The molecule has 0 heterocycles. The van der Waals surface area contributed by atoms with Crippen LogP contribution in [0.3, 0.4) is 0 Å². The summed E-state index contributed by atoms with van der Waals surface area (Å²) < 4.78 is 0. The van der Waals surface area contributed by atoms with E-state index in [-0.39, 0.29) is 5.91 Å². The fraction of sp³-hybridized carbons (Fsp3) is 0.316. The molecule has 0 aromatic heterocycles. The van der Waals surface area contributed by atoms with Gasteiger partial charge in [0, 0.05) is 12.3 Å². The Balaban J connectivity index is 1.57. The van der Waals surface area contributed by atoms with E-state index in [1.165, 1.54) is 16.7 Å². The van der Waals surface area contributed by atoms with Crippen molar-refractivity contribution in [3.05, 3.63) is 71.3 Å². The van der Waals surface area contributed by atoms with Gasteiger partial charge in [0.25, 0.3) is 0 Å². The predicted octanol–water partition coefficient (Wildman–Crippen LogP) is 3.98. The minimum atomic E-state index is 0.131. The molecule has 0 bridgehead atoms. The Hall–Kier alpha value is -1.74. The van der Waals surface area contributed by atoms with E-state index in [9.17, 15) is 4.79 Å². The van der Waals surface area contributed by atoms with E-state index in [4.69, 9.17) is 0 Å². The third kappa shape index (κ3) is 5.94. The van der Waals surface area contributed by atoms with Crippen molar-refractivity contribution in [1.29, 1.82) is 0 Å². The van der Waals surface area contributed by atoms with Gasteiger partial charge in [0.1, 0.15) is 0 Å². The lowest BCUT2D eigenvalue weighted by Gasteiger charge is -2.07. The van der Waals surface area contributed by atoms with Crippen LogP contribution in [0.25, 0.3) is 0 Å². The van der Waals surface area contributed by atoms with Crippen molar-refractivity contribution in [3.8, 4) is 0 Å². The van der Waals surface area contributed by atoms with Gasteiger partial charge in [-0.25, -0.2) is 0 Å². The summed E-state index contributed by atoms with van der Waals surface area (Å²) in [5.74, 6) is 1.55. The first kappa shape index (κ1) is 16.6. The number of rotatable bonds is 8. The van der Waals surface area contributed by atoms with Crippen molar-refractivity contribution in [3.63, 3.8) is 0 Å². The summed E-state index contributed by atoms with van der Waals surface area (Å²) in [5.41, 5.74) is 3.92. The predicted molar refractivity (Wildman–Crippen MR) is 95.1 cm³/mol. The Morgan fingerprint density at radius 3 is 2.55 bits per heavy atom. The van der Waals surface area contributed by atoms with Gasteiger partial charge in [-0.1, -0.05) is 54.6 Å². The number of benzene rings is 2. The van der Waals surface area contributed by atoms with Gasteiger partial charge in [-0.15, -0.1) is 11.8 Å². The van der Waals surface area contributed by atoms with Gasteiger partial charge < -0.3 is 5.32 Å². The van der Waals surface area contributed by atoms with Crippen LogP contribution in [0.15, 0.2) is 54.6 Å². The fourth-order valence-corrected chi connectivity index (χ4v) is 3.18. The number of hydrogen-bond donors (Lipinski definition) is 1. The highest BCUT2D eigenvalue weighted by molar-refractivity contribution is 7.99. The summed E-state index contributed by atoms with van der Waals surface area (Å²) in [4.78, 5) is 11.8. The molecule has 2 aromatic rings. The maximum absolute atomic E-state index is 11.8. The first-order valence-corrected chi connectivity index (χ1v) is 8.84. The quantitative estimate of drug-likeness (QED) is 0.747. The average Bonchev–Trinajstić information content (AvgIpc) is 2.54. The molecule has 0 unspecified atom stereocenters. The van der Waals surface area contributed by atoms with Gasteiger partial charge in [0.05, 0.1) is 5.75 Å². The Kier molecular flexibility index (Phi) is 7.04. The summed E-state index contributed by atoms with van der Waals surface area (Å²) in [6.07, 6.45) is 2.00. The normalized spacial score (nSPS) is 10.4. The molecule has 1 N–H and O–H groups in total. The molecule has 116 valence electrons. The Morgan fingerprint density at radius 1 is 1.05 bits per heavy atom. The zero-order chi connectivity index (χ0) is 15.6. The number of thioether (sulfide) groups is 1. The van der Waals surface area contributed by atoms with Gasteiger partial charge in [-0.05, 0) is 36.5 Å². The summed E-state index contributed by atoms with van der Waals surface area (Å²) in [6.45, 7) is 2.86. The zero-order valence-electron chi connectivity index (χ0n) is 13.0. The van der Waals surface area contributed by atoms with Gasteiger partial charge in [0.2, 0.25) is 5.91 Å². The Labute approximate surface area is 137 Å². The van der Waals surface area contributed by atoms with Gasteiger partial charge in [-0.2, -0.15) is 0 Å². The van der Waals surface area contributed by atoms with Crippen molar-refractivity contribution in [2.24, 2.45) is 0 Å². The van der Waals surface area contributed by atoms with E-state index < -0.39 is 0 Å². The van der Waals surface area contributed by atoms with Crippen molar-refractivity contribution in [2.45, 2.75) is 25.5 Å². The van der Waals surface area contributed by atoms with E-state index in [1.807, 2.05) is 18.2 Å². The summed E-state index contributed by atoms with van der Waals surface area (Å²) >= 11 is 1.67. The van der Waals surface area contributed by atoms with Crippen LogP contribution >= 0.6 is 11.8 Å². The highest BCUT2D eigenvalue weighted by atomic mass is 32.2.